The summed E-state index contributed by atoms with van der Waals surface area (Å²) >= 11 is 0. The van der Waals surface area contributed by atoms with Gasteiger partial charge in [-0.15, -0.1) is 0 Å². The van der Waals surface area contributed by atoms with E-state index in [4.69, 9.17) is 15.0 Å². The van der Waals surface area contributed by atoms with E-state index in [1.807, 2.05) is 36.5 Å². The van der Waals surface area contributed by atoms with Crippen LogP contribution in [0, 0.1) is 0 Å². The zero-order chi connectivity index (χ0) is 26.2. The molecule has 0 spiro atoms. The third kappa shape index (κ3) is 4.61. The number of methoxy groups -OCH3 is 1. The summed E-state index contributed by atoms with van der Waals surface area (Å²) in [6.07, 6.45) is 3.80. The summed E-state index contributed by atoms with van der Waals surface area (Å²) < 4.78 is 12.2. The van der Waals surface area contributed by atoms with Crippen molar-refractivity contribution in [1.82, 2.24) is 24.8 Å². The van der Waals surface area contributed by atoms with Gasteiger partial charge in [-0.1, -0.05) is 23.4 Å². The number of nitrogens with zero attached hydrogens (tertiary/aromatic N) is 5. The lowest BCUT2D eigenvalue weighted by atomic mass is 9.97. The van der Waals surface area contributed by atoms with Crippen molar-refractivity contribution >= 4 is 11.8 Å². The molecule has 1 atom stereocenters. The van der Waals surface area contributed by atoms with E-state index in [0.29, 0.717) is 42.2 Å². The van der Waals surface area contributed by atoms with Crippen molar-refractivity contribution in [2.75, 3.05) is 27.3 Å². The van der Waals surface area contributed by atoms with Crippen molar-refractivity contribution in [1.29, 1.82) is 0 Å². The number of carbonyl (C=O) groups is 2. The van der Waals surface area contributed by atoms with Gasteiger partial charge in [0.25, 0.3) is 11.8 Å². The lowest BCUT2D eigenvalue weighted by Gasteiger charge is -2.16. The maximum atomic E-state index is 12.4. The van der Waals surface area contributed by atoms with Gasteiger partial charge < -0.3 is 25.0 Å². The molecule has 0 aliphatic carbocycles. The summed E-state index contributed by atoms with van der Waals surface area (Å²) in [5.74, 6) is -0.968. The smallest absolute Gasteiger partial charge is 0.267 e. The first kappa shape index (κ1) is 24.3. The van der Waals surface area contributed by atoms with Crippen LogP contribution in [-0.4, -0.2) is 69.1 Å². The van der Waals surface area contributed by atoms with Crippen molar-refractivity contribution < 1.29 is 24.0 Å². The number of primary amides is 1. The van der Waals surface area contributed by atoms with Gasteiger partial charge in [-0.2, -0.15) is 5.10 Å². The largest absolute Gasteiger partial charge is 0.383 e. The minimum Gasteiger partial charge on any atom is -0.383 e. The van der Waals surface area contributed by atoms with Crippen LogP contribution in [-0.2, 0) is 21.7 Å². The average molecular weight is 503 g/mol. The molecule has 1 aliphatic heterocycles. The number of amides is 2. The lowest BCUT2D eigenvalue weighted by molar-refractivity contribution is -0.144. The molecule has 2 amide bonds. The Labute approximate surface area is 212 Å². The van der Waals surface area contributed by atoms with Crippen LogP contribution in [0.1, 0.15) is 22.7 Å². The topological polar surface area (TPSA) is 150 Å². The van der Waals surface area contributed by atoms with Crippen LogP contribution in [0.4, 0.5) is 0 Å². The van der Waals surface area contributed by atoms with Gasteiger partial charge in [0.2, 0.25) is 5.60 Å². The zero-order valence-electron chi connectivity index (χ0n) is 20.4. The number of likely N-dealkylation sites (tertiary alicyclic amines) is 1. The van der Waals surface area contributed by atoms with Gasteiger partial charge in [0.15, 0.2) is 5.76 Å². The zero-order valence-corrected chi connectivity index (χ0v) is 20.4. The van der Waals surface area contributed by atoms with Gasteiger partial charge in [0, 0.05) is 56.1 Å². The number of ether oxygens (including phenoxy) is 1. The molecule has 4 aromatic rings. The maximum Gasteiger partial charge on any atom is 0.267 e. The Morgan fingerprint density at radius 2 is 1.95 bits per heavy atom. The number of hydrogen-bond donors (Lipinski definition) is 2. The molecule has 0 radical (unpaired) electrons. The lowest BCUT2D eigenvalue weighted by Crippen LogP contribution is -2.35. The molecule has 0 bridgehead atoms. The van der Waals surface area contributed by atoms with Crippen molar-refractivity contribution in [2.24, 2.45) is 5.73 Å². The highest BCUT2D eigenvalue weighted by Crippen LogP contribution is 2.35. The van der Waals surface area contributed by atoms with Crippen LogP contribution < -0.4 is 5.73 Å². The number of rotatable bonds is 8. The number of likely N-dealkylation sites (N-methyl/N-ethyl adjacent to an activating group) is 1. The maximum absolute atomic E-state index is 12.4. The Morgan fingerprint density at radius 1 is 1.16 bits per heavy atom. The molecule has 3 N–H and O–H groups in total. The second-order valence-electron chi connectivity index (χ2n) is 8.97. The number of pyridine rings is 1. The summed E-state index contributed by atoms with van der Waals surface area (Å²) in [5.41, 5.74) is 7.92. The van der Waals surface area contributed by atoms with Crippen LogP contribution in [0.3, 0.4) is 0 Å². The number of benzene rings is 1. The quantitative estimate of drug-likeness (QED) is 0.372. The summed E-state index contributed by atoms with van der Waals surface area (Å²) in [4.78, 5) is 30.4. The molecule has 190 valence electrons. The van der Waals surface area contributed by atoms with Crippen molar-refractivity contribution in [3.05, 3.63) is 66.3 Å². The van der Waals surface area contributed by atoms with Gasteiger partial charge in [0.05, 0.1) is 25.0 Å². The van der Waals surface area contributed by atoms with Crippen molar-refractivity contribution in [3.8, 4) is 33.6 Å². The van der Waals surface area contributed by atoms with E-state index >= 15 is 0 Å². The van der Waals surface area contributed by atoms with E-state index in [1.54, 1.807) is 37.2 Å². The predicted molar refractivity (Wildman–Crippen MR) is 133 cm³/mol. The number of aromatic nitrogens is 4. The van der Waals surface area contributed by atoms with Gasteiger partial charge in [-0.3, -0.25) is 14.3 Å². The molecule has 1 fully saturated rings. The predicted octanol–water partition coefficient (Wildman–Crippen LogP) is 2.06. The number of carbonyl (C=O) groups excluding carboxylic acids is 2. The molecule has 0 unspecified atom stereocenters. The Hall–Kier alpha value is -4.35. The van der Waals surface area contributed by atoms with E-state index in [1.165, 1.54) is 4.90 Å². The number of hydrogen-bond acceptors (Lipinski definition) is 8. The van der Waals surface area contributed by atoms with E-state index in [0.717, 1.165) is 11.1 Å². The molecule has 1 aromatic carbocycles. The highest BCUT2D eigenvalue weighted by molar-refractivity contribution is 5.93. The molecule has 4 heterocycles. The van der Waals surface area contributed by atoms with Crippen LogP contribution >= 0.6 is 0 Å². The SMILES string of the molecule is COCCn1cc(-c2cc(C(N)=O)nc(-c3cccc(-c4cc([C@]5(O)CCN(C)C5=O)on4)c3)c2)cn1. The van der Waals surface area contributed by atoms with Gasteiger partial charge in [0.1, 0.15) is 11.4 Å². The van der Waals surface area contributed by atoms with Crippen LogP contribution in [0.25, 0.3) is 33.6 Å². The Balaban J connectivity index is 1.49. The average Bonchev–Trinajstić information content (AvgIpc) is 3.65. The third-order valence-corrected chi connectivity index (χ3v) is 6.45. The number of nitrogens with two attached hydrogens (primary N) is 1. The molecule has 37 heavy (non-hydrogen) atoms. The monoisotopic (exact) mass is 502 g/mol. The van der Waals surface area contributed by atoms with Crippen molar-refractivity contribution in [2.45, 2.75) is 18.6 Å². The van der Waals surface area contributed by atoms with Crippen molar-refractivity contribution in [3.63, 3.8) is 0 Å². The summed E-state index contributed by atoms with van der Waals surface area (Å²) in [6, 6.07) is 12.4. The Morgan fingerprint density at radius 3 is 2.65 bits per heavy atom. The second kappa shape index (κ2) is 9.60. The standard InChI is InChI=1S/C26H26N6O5/c1-31-7-6-26(35,25(31)34)23-13-21(30-37-23)17-5-3-4-16(10-17)20-11-18(12-22(29-20)24(27)33)19-14-28-32(15-19)8-9-36-2/h3-5,10-15,35H,6-9H2,1-2H3,(H2,27,33)/t26-/m1/s1. The molecular formula is C26H26N6O5. The minimum absolute atomic E-state index is 0.101. The molecule has 0 saturated carbocycles. The van der Waals surface area contributed by atoms with Crippen LogP contribution in [0.5, 0.6) is 0 Å². The minimum atomic E-state index is -1.72. The fourth-order valence-electron chi connectivity index (χ4n) is 4.32. The van der Waals surface area contributed by atoms with E-state index in [-0.39, 0.29) is 17.9 Å². The van der Waals surface area contributed by atoms with Crippen LogP contribution in [0.15, 0.2) is 59.4 Å². The summed E-state index contributed by atoms with van der Waals surface area (Å²) in [7, 11) is 3.26. The van der Waals surface area contributed by atoms with Gasteiger partial charge >= 0.3 is 0 Å². The Kier molecular flexibility index (Phi) is 6.32. The molecular weight excluding hydrogens is 476 g/mol. The summed E-state index contributed by atoms with van der Waals surface area (Å²) in [6.45, 7) is 1.54. The van der Waals surface area contributed by atoms with Gasteiger partial charge in [-0.25, -0.2) is 4.98 Å². The normalized spacial score (nSPS) is 17.5. The number of aliphatic hydroxyl groups is 1. The van der Waals surface area contributed by atoms with Crippen LogP contribution in [0.2, 0.25) is 0 Å². The highest BCUT2D eigenvalue weighted by atomic mass is 16.5. The first-order chi connectivity index (χ1) is 17.8. The highest BCUT2D eigenvalue weighted by Gasteiger charge is 2.48. The van der Waals surface area contributed by atoms with E-state index < -0.39 is 17.4 Å². The Bertz CT molecular complexity index is 1480. The first-order valence-electron chi connectivity index (χ1n) is 11.7. The van der Waals surface area contributed by atoms with E-state index in [9.17, 15) is 14.7 Å². The molecule has 5 rings (SSSR count). The molecule has 1 aliphatic rings. The first-order valence-corrected chi connectivity index (χ1v) is 11.7. The fourth-order valence-corrected chi connectivity index (χ4v) is 4.32. The molecule has 11 nitrogen and oxygen atoms in total. The van der Waals surface area contributed by atoms with Gasteiger partial charge in [-0.05, 0) is 23.8 Å². The van der Waals surface area contributed by atoms with E-state index in [2.05, 4.69) is 15.2 Å². The molecule has 11 heteroatoms. The molecule has 1 saturated heterocycles. The second-order valence-corrected chi connectivity index (χ2v) is 8.97. The fraction of sp³-hybridized carbons (Fsp3) is 0.269. The molecule has 3 aromatic heterocycles. The third-order valence-electron chi connectivity index (χ3n) is 6.45. The summed E-state index contributed by atoms with van der Waals surface area (Å²) in [5, 5.41) is 19.3.